The minimum Gasteiger partial charge on any atom is -0.462 e. The molecule has 2 fully saturated rings. The number of esters is 1. The molecule has 0 radical (unpaired) electrons. The minimum absolute atomic E-state index is 0.0238. The first-order valence-corrected chi connectivity index (χ1v) is 17.5. The molecule has 2 amide bonds. The van der Waals surface area contributed by atoms with Crippen molar-refractivity contribution in [2.24, 2.45) is 11.7 Å². The fraction of sp³-hybridized carbons (Fsp3) is 0.595. The van der Waals surface area contributed by atoms with Crippen LogP contribution in [0.2, 0.25) is 5.02 Å². The van der Waals surface area contributed by atoms with Gasteiger partial charge in [0.05, 0.1) is 24.5 Å². The normalized spacial score (nSPS) is 21.2. The molecule has 1 aliphatic carbocycles. The second kappa shape index (κ2) is 18.4. The van der Waals surface area contributed by atoms with Crippen molar-refractivity contribution in [1.29, 1.82) is 0 Å². The van der Waals surface area contributed by atoms with E-state index in [4.69, 9.17) is 26.8 Å². The molecule has 1 saturated heterocycles. The Labute approximate surface area is 279 Å². The Morgan fingerprint density at radius 3 is 2.24 bits per heavy atom. The summed E-state index contributed by atoms with van der Waals surface area (Å²) in [7, 11) is 1.51. The van der Waals surface area contributed by atoms with Gasteiger partial charge in [0.1, 0.15) is 12.1 Å². The van der Waals surface area contributed by atoms with Crippen LogP contribution in [0, 0.1) is 5.92 Å². The Morgan fingerprint density at radius 2 is 1.59 bits per heavy atom. The van der Waals surface area contributed by atoms with E-state index in [0.717, 1.165) is 36.8 Å². The zero-order chi connectivity index (χ0) is 32.8. The van der Waals surface area contributed by atoms with Crippen molar-refractivity contribution >= 4 is 29.4 Å². The number of nitrogens with two attached hydrogens (primary N) is 1. The van der Waals surface area contributed by atoms with E-state index < -0.39 is 17.5 Å². The first-order chi connectivity index (χ1) is 22.3. The molecular weight excluding hydrogens is 602 g/mol. The van der Waals surface area contributed by atoms with Gasteiger partial charge in [0, 0.05) is 25.2 Å². The second-order valence-corrected chi connectivity index (χ2v) is 13.7. The summed E-state index contributed by atoms with van der Waals surface area (Å²) in [5.41, 5.74) is 7.38. The van der Waals surface area contributed by atoms with Gasteiger partial charge in [-0.3, -0.25) is 14.4 Å². The molecule has 1 heterocycles. The maximum Gasteiger partial charge on any atom is 0.306 e. The summed E-state index contributed by atoms with van der Waals surface area (Å²) in [5, 5.41) is 3.84. The molecule has 1 aliphatic heterocycles. The number of carbonyl (C=O) groups excluding carboxylic acids is 3. The van der Waals surface area contributed by atoms with Crippen molar-refractivity contribution in [2.75, 3.05) is 26.8 Å². The van der Waals surface area contributed by atoms with E-state index in [9.17, 15) is 14.4 Å². The zero-order valence-corrected chi connectivity index (χ0v) is 28.1. The molecule has 252 valence electrons. The number of nitrogens with zero attached hydrogens (tertiary/aromatic N) is 1. The summed E-state index contributed by atoms with van der Waals surface area (Å²) in [4.78, 5) is 42.9. The first-order valence-electron chi connectivity index (χ1n) is 17.1. The Balaban J connectivity index is 1.52. The van der Waals surface area contributed by atoms with Crippen LogP contribution in [-0.2, 0) is 36.7 Å². The molecule has 2 aromatic carbocycles. The van der Waals surface area contributed by atoms with Gasteiger partial charge in [0.25, 0.3) is 0 Å². The van der Waals surface area contributed by atoms with Crippen LogP contribution < -0.4 is 11.1 Å². The molecule has 2 aromatic rings. The summed E-state index contributed by atoms with van der Waals surface area (Å²) in [6.45, 7) is 0.945. The minimum atomic E-state index is -0.833. The lowest BCUT2D eigenvalue weighted by Gasteiger charge is -2.45. The maximum absolute atomic E-state index is 14.4. The topological polar surface area (TPSA) is 111 Å². The molecular formula is C37H52ClN3O5. The van der Waals surface area contributed by atoms with Crippen molar-refractivity contribution < 1.29 is 23.9 Å². The van der Waals surface area contributed by atoms with Crippen LogP contribution in [0.5, 0.6) is 0 Å². The number of amides is 2. The molecule has 3 atom stereocenters. The van der Waals surface area contributed by atoms with Crippen LogP contribution in [-0.4, -0.2) is 67.2 Å². The van der Waals surface area contributed by atoms with Gasteiger partial charge >= 0.3 is 5.97 Å². The van der Waals surface area contributed by atoms with Crippen molar-refractivity contribution in [2.45, 2.75) is 108 Å². The molecule has 3 N–H and O–H groups in total. The highest BCUT2D eigenvalue weighted by molar-refractivity contribution is 6.30. The molecule has 2 aliphatic rings. The molecule has 4 rings (SSSR count). The monoisotopic (exact) mass is 653 g/mol. The molecule has 0 unspecified atom stereocenters. The van der Waals surface area contributed by atoms with E-state index in [-0.39, 0.29) is 36.9 Å². The third kappa shape index (κ3) is 11.4. The fourth-order valence-corrected chi connectivity index (χ4v) is 7.07. The van der Waals surface area contributed by atoms with E-state index in [1.165, 1.54) is 39.2 Å². The summed E-state index contributed by atoms with van der Waals surface area (Å²) in [5.74, 6) is -1.30. The Hall–Kier alpha value is -2.94. The average molecular weight is 654 g/mol. The van der Waals surface area contributed by atoms with Gasteiger partial charge in [-0.25, -0.2) is 0 Å². The summed E-state index contributed by atoms with van der Waals surface area (Å²) in [6, 6.07) is 16.5. The van der Waals surface area contributed by atoms with Crippen molar-refractivity contribution in [3.63, 3.8) is 0 Å². The van der Waals surface area contributed by atoms with Gasteiger partial charge in [-0.15, -0.1) is 0 Å². The lowest BCUT2D eigenvalue weighted by Crippen LogP contribution is -2.64. The van der Waals surface area contributed by atoms with Crippen molar-refractivity contribution in [3.8, 4) is 0 Å². The third-order valence-corrected chi connectivity index (χ3v) is 9.61. The summed E-state index contributed by atoms with van der Waals surface area (Å²) in [6.07, 6.45) is 12.2. The highest BCUT2D eigenvalue weighted by Gasteiger charge is 2.41. The molecule has 9 heteroatoms. The molecule has 0 aromatic heterocycles. The SMILES string of the molecule is COC[C@H](N)C(=O)N[C@@]1(Cc2ccc(Cl)cc2)CCCN(C(=O)[C@@H](CC(=O)OC2CCCCCCCCC2)Cc2ccccc2)C1. The number of halogens is 1. The zero-order valence-electron chi connectivity index (χ0n) is 27.4. The van der Waals surface area contributed by atoms with E-state index in [2.05, 4.69) is 5.32 Å². The largest absolute Gasteiger partial charge is 0.462 e. The summed E-state index contributed by atoms with van der Waals surface area (Å²) >= 11 is 6.16. The van der Waals surface area contributed by atoms with Crippen LogP contribution in [0.25, 0.3) is 0 Å². The number of methoxy groups -OCH3 is 1. The number of carbonyl (C=O) groups is 3. The molecule has 0 spiro atoms. The van der Waals surface area contributed by atoms with Gasteiger partial charge in [-0.05, 0) is 74.6 Å². The van der Waals surface area contributed by atoms with Gasteiger partial charge in [0.15, 0.2) is 0 Å². The smallest absolute Gasteiger partial charge is 0.306 e. The second-order valence-electron chi connectivity index (χ2n) is 13.3. The van der Waals surface area contributed by atoms with E-state index in [0.29, 0.717) is 43.8 Å². The number of benzene rings is 2. The van der Waals surface area contributed by atoms with Gasteiger partial charge < -0.3 is 25.4 Å². The first kappa shape index (κ1) is 35.9. The fourth-order valence-electron chi connectivity index (χ4n) is 6.94. The third-order valence-electron chi connectivity index (χ3n) is 9.35. The number of hydrogen-bond acceptors (Lipinski definition) is 6. The van der Waals surface area contributed by atoms with Crippen LogP contribution >= 0.6 is 11.6 Å². The molecule has 0 bridgehead atoms. The van der Waals surface area contributed by atoms with Crippen LogP contribution in [0.4, 0.5) is 0 Å². The predicted molar refractivity (Wildman–Crippen MR) is 181 cm³/mol. The highest BCUT2D eigenvalue weighted by atomic mass is 35.5. The number of piperidine rings is 1. The van der Waals surface area contributed by atoms with E-state index in [1.54, 1.807) is 0 Å². The lowest BCUT2D eigenvalue weighted by atomic mass is 9.82. The van der Waals surface area contributed by atoms with Crippen LogP contribution in [0.15, 0.2) is 54.6 Å². The van der Waals surface area contributed by atoms with Gasteiger partial charge in [-0.1, -0.05) is 86.2 Å². The Morgan fingerprint density at radius 1 is 0.935 bits per heavy atom. The van der Waals surface area contributed by atoms with Crippen LogP contribution in [0.3, 0.4) is 0 Å². The van der Waals surface area contributed by atoms with E-state index >= 15 is 0 Å². The van der Waals surface area contributed by atoms with Gasteiger partial charge in [0.2, 0.25) is 11.8 Å². The predicted octanol–water partition coefficient (Wildman–Crippen LogP) is 6.02. The van der Waals surface area contributed by atoms with Crippen LogP contribution in [0.1, 0.15) is 88.2 Å². The quantitative estimate of drug-likeness (QED) is 0.271. The number of likely N-dealkylation sites (tertiary alicyclic amines) is 1. The number of rotatable bonds is 12. The highest BCUT2D eigenvalue weighted by Crippen LogP contribution is 2.29. The van der Waals surface area contributed by atoms with Gasteiger partial charge in [-0.2, -0.15) is 0 Å². The van der Waals surface area contributed by atoms with Crippen molar-refractivity contribution in [1.82, 2.24) is 10.2 Å². The number of nitrogens with one attached hydrogen (secondary N) is 1. The number of ether oxygens (including phenoxy) is 2. The average Bonchev–Trinajstić information content (AvgIpc) is 3.05. The Bertz CT molecular complexity index is 1230. The molecule has 8 nitrogen and oxygen atoms in total. The Kier molecular flexibility index (Phi) is 14.4. The maximum atomic E-state index is 14.4. The molecule has 46 heavy (non-hydrogen) atoms. The summed E-state index contributed by atoms with van der Waals surface area (Å²) < 4.78 is 11.2. The number of hydrogen-bond donors (Lipinski definition) is 2. The lowest BCUT2D eigenvalue weighted by molar-refractivity contribution is -0.154. The van der Waals surface area contributed by atoms with Crippen molar-refractivity contribution in [3.05, 3.63) is 70.7 Å². The van der Waals surface area contributed by atoms with E-state index in [1.807, 2.05) is 59.5 Å². The molecule has 1 saturated carbocycles. The standard InChI is InChI=1S/C37H52ClN3O5/c1-45-26-33(39)35(43)40-37(25-29-17-19-31(38)20-18-29)21-12-22-41(27-37)36(44)30(23-28-13-8-7-9-14-28)24-34(42)46-32-15-10-5-3-2-4-6-11-16-32/h7-9,13-14,17-20,30,32-33H,2-6,10-12,15-16,21-27,39H2,1H3,(H,40,43)/t30-,33+,37-/m1/s1.